The van der Waals surface area contributed by atoms with Crippen molar-refractivity contribution < 1.29 is 16.9 Å². The van der Waals surface area contributed by atoms with Gasteiger partial charge in [0, 0.05) is 0 Å². The molecule has 0 aromatic heterocycles. The Balaban J connectivity index is 0.00000784. The molecule has 1 unspecified atom stereocenters. The maximum absolute atomic E-state index is 5.90. The van der Waals surface area contributed by atoms with Crippen molar-refractivity contribution in [1.82, 2.24) is 0 Å². The standard InChI is InChI=1S/C26H45IN.ClH/c1-4-7-9-11-13-18-23-28(22-6-3,24-19-14-12-10-8-5-2)25-26(27)20-16-15-17-21-26;/h3,15-17,20H,4-5,7-14,18-19,21-25H2,1-2H3;1H/q+1;/p-1. The van der Waals surface area contributed by atoms with E-state index in [0.717, 1.165) is 17.4 Å². The number of halogens is 2. The lowest BCUT2D eigenvalue weighted by molar-refractivity contribution is -0.922. The minimum Gasteiger partial charge on any atom is -1.00 e. The highest BCUT2D eigenvalue weighted by atomic mass is 127. The molecular weight excluding hydrogens is 489 g/mol. The van der Waals surface area contributed by atoms with Crippen LogP contribution in [0.4, 0.5) is 0 Å². The highest BCUT2D eigenvalue weighted by Gasteiger charge is 2.36. The monoisotopic (exact) mass is 533 g/mol. The highest BCUT2D eigenvalue weighted by molar-refractivity contribution is 14.1. The molecule has 1 rings (SSSR count). The zero-order valence-electron chi connectivity index (χ0n) is 19.1. The third-order valence-electron chi connectivity index (χ3n) is 6.10. The molecule has 168 valence electrons. The number of quaternary nitrogens is 1. The quantitative estimate of drug-likeness (QED) is 0.0824. The highest BCUT2D eigenvalue weighted by Crippen LogP contribution is 2.33. The number of alkyl halides is 1. The fourth-order valence-corrected chi connectivity index (χ4v) is 5.63. The zero-order valence-corrected chi connectivity index (χ0v) is 22.0. The van der Waals surface area contributed by atoms with Crippen molar-refractivity contribution in [2.75, 3.05) is 26.2 Å². The van der Waals surface area contributed by atoms with Crippen LogP contribution in [-0.2, 0) is 0 Å². The van der Waals surface area contributed by atoms with Gasteiger partial charge in [-0.05, 0) is 38.0 Å². The maximum Gasteiger partial charge on any atom is 0.140 e. The van der Waals surface area contributed by atoms with Crippen LogP contribution in [-0.4, -0.2) is 34.1 Å². The largest absolute Gasteiger partial charge is 1.00 e. The number of rotatable bonds is 17. The summed E-state index contributed by atoms with van der Waals surface area (Å²) in [6.07, 6.45) is 32.6. The Morgan fingerprint density at radius 1 is 0.862 bits per heavy atom. The molecule has 3 heteroatoms. The van der Waals surface area contributed by atoms with Gasteiger partial charge in [-0.15, -0.1) is 6.42 Å². The average molecular weight is 534 g/mol. The van der Waals surface area contributed by atoms with E-state index in [-0.39, 0.29) is 15.8 Å². The predicted octanol–water partition coefficient (Wildman–Crippen LogP) is 4.85. The van der Waals surface area contributed by atoms with E-state index in [2.05, 4.69) is 66.7 Å². The lowest BCUT2D eigenvalue weighted by Gasteiger charge is -2.42. The van der Waals surface area contributed by atoms with Crippen LogP contribution >= 0.6 is 22.6 Å². The summed E-state index contributed by atoms with van der Waals surface area (Å²) in [4.78, 5) is 0. The van der Waals surface area contributed by atoms with Crippen molar-refractivity contribution in [3.05, 3.63) is 24.3 Å². The Morgan fingerprint density at radius 2 is 1.38 bits per heavy atom. The number of hydrogen-bond acceptors (Lipinski definition) is 0. The van der Waals surface area contributed by atoms with E-state index in [0.29, 0.717) is 0 Å². The average Bonchev–Trinajstić information content (AvgIpc) is 2.68. The van der Waals surface area contributed by atoms with Crippen LogP contribution in [0.2, 0.25) is 0 Å². The van der Waals surface area contributed by atoms with E-state index in [1.54, 1.807) is 0 Å². The van der Waals surface area contributed by atoms with Crippen LogP contribution in [0, 0.1) is 12.3 Å². The lowest BCUT2D eigenvalue weighted by Crippen LogP contribution is -3.00. The Hall–Kier alpha value is 0.0200. The van der Waals surface area contributed by atoms with Crippen LogP contribution in [0.3, 0.4) is 0 Å². The van der Waals surface area contributed by atoms with Crippen LogP contribution in [0.25, 0.3) is 0 Å². The van der Waals surface area contributed by atoms with E-state index in [4.69, 9.17) is 6.42 Å². The summed E-state index contributed by atoms with van der Waals surface area (Å²) < 4.78 is 1.35. The minimum absolute atomic E-state index is 0. The van der Waals surface area contributed by atoms with Gasteiger partial charge in [0.05, 0.1) is 23.1 Å². The van der Waals surface area contributed by atoms with Crippen LogP contribution < -0.4 is 12.4 Å². The van der Waals surface area contributed by atoms with E-state index < -0.39 is 0 Å². The molecule has 29 heavy (non-hydrogen) atoms. The normalized spacial score (nSPS) is 18.4. The summed E-state index contributed by atoms with van der Waals surface area (Å²) in [5.74, 6) is 3.06. The fraction of sp³-hybridized carbons (Fsp3) is 0.769. The minimum atomic E-state index is 0. The van der Waals surface area contributed by atoms with Crippen LogP contribution in [0.5, 0.6) is 0 Å². The third kappa shape index (κ3) is 13.1. The van der Waals surface area contributed by atoms with Gasteiger partial charge >= 0.3 is 0 Å². The molecule has 1 aliphatic rings. The van der Waals surface area contributed by atoms with E-state index in [9.17, 15) is 0 Å². The number of allylic oxidation sites excluding steroid dienone is 3. The molecule has 0 aromatic rings. The molecule has 0 saturated carbocycles. The summed E-state index contributed by atoms with van der Waals surface area (Å²) in [5.41, 5.74) is 0. The van der Waals surface area contributed by atoms with Crippen LogP contribution in [0.1, 0.15) is 97.3 Å². The van der Waals surface area contributed by atoms with Crippen molar-refractivity contribution in [3.8, 4) is 12.3 Å². The first-order valence-electron chi connectivity index (χ1n) is 11.9. The number of hydrogen-bond donors (Lipinski definition) is 0. The second kappa shape index (κ2) is 17.7. The first-order chi connectivity index (χ1) is 13.6. The molecule has 0 bridgehead atoms. The summed E-state index contributed by atoms with van der Waals surface area (Å²) in [6.45, 7) is 9.18. The smallest absolute Gasteiger partial charge is 0.140 e. The predicted molar refractivity (Wildman–Crippen MR) is 135 cm³/mol. The molecule has 1 atom stereocenters. The fourth-order valence-electron chi connectivity index (χ4n) is 4.45. The molecule has 0 saturated heterocycles. The zero-order chi connectivity index (χ0) is 20.6. The SMILES string of the molecule is C#CC[N+](CCCCCCCC)(CCCCCCCC)CC1(I)C=CC=CC1.[Cl-]. The second-order valence-corrected chi connectivity index (χ2v) is 11.0. The van der Waals surface area contributed by atoms with Crippen molar-refractivity contribution in [2.45, 2.75) is 101 Å². The molecule has 0 radical (unpaired) electrons. The lowest BCUT2D eigenvalue weighted by atomic mass is 9.97. The van der Waals surface area contributed by atoms with Gasteiger partial charge in [0.15, 0.2) is 0 Å². The van der Waals surface area contributed by atoms with Gasteiger partial charge in [-0.2, -0.15) is 0 Å². The Labute approximate surface area is 202 Å². The summed E-state index contributed by atoms with van der Waals surface area (Å²) in [7, 11) is 0. The second-order valence-electron chi connectivity index (χ2n) is 8.87. The molecule has 0 aromatic carbocycles. The molecule has 0 amide bonds. The van der Waals surface area contributed by atoms with Crippen molar-refractivity contribution >= 4 is 22.6 Å². The Kier molecular flexibility index (Phi) is 17.7. The Bertz CT molecular complexity index is 477. The Morgan fingerprint density at radius 3 is 1.83 bits per heavy atom. The molecule has 0 aliphatic heterocycles. The van der Waals surface area contributed by atoms with Gasteiger partial charge in [-0.1, -0.05) is 112 Å². The summed E-state index contributed by atoms with van der Waals surface area (Å²) in [6, 6.07) is 0. The molecular formula is C26H45ClIN. The summed E-state index contributed by atoms with van der Waals surface area (Å²) >= 11 is 2.69. The maximum atomic E-state index is 5.90. The molecule has 0 N–H and O–H groups in total. The van der Waals surface area contributed by atoms with Crippen molar-refractivity contribution in [1.29, 1.82) is 0 Å². The van der Waals surface area contributed by atoms with Gasteiger partial charge < -0.3 is 16.9 Å². The van der Waals surface area contributed by atoms with Crippen molar-refractivity contribution in [2.24, 2.45) is 0 Å². The van der Waals surface area contributed by atoms with E-state index in [1.165, 1.54) is 96.7 Å². The summed E-state index contributed by atoms with van der Waals surface area (Å²) in [5, 5.41) is 0. The molecule has 0 spiro atoms. The topological polar surface area (TPSA) is 0 Å². The number of nitrogens with zero attached hydrogens (tertiary/aromatic N) is 1. The molecule has 1 nitrogen and oxygen atoms in total. The van der Waals surface area contributed by atoms with Crippen molar-refractivity contribution in [3.63, 3.8) is 0 Å². The first-order valence-corrected chi connectivity index (χ1v) is 13.0. The number of unbranched alkanes of at least 4 members (excludes halogenated alkanes) is 10. The van der Waals surface area contributed by atoms with Crippen LogP contribution in [0.15, 0.2) is 24.3 Å². The van der Waals surface area contributed by atoms with E-state index in [1.807, 2.05) is 0 Å². The molecule has 0 heterocycles. The molecule has 1 aliphatic carbocycles. The van der Waals surface area contributed by atoms with Gasteiger partial charge in [0.2, 0.25) is 0 Å². The van der Waals surface area contributed by atoms with Gasteiger partial charge in [0.25, 0.3) is 0 Å². The van der Waals surface area contributed by atoms with Gasteiger partial charge in [0.1, 0.15) is 6.54 Å². The van der Waals surface area contributed by atoms with Gasteiger partial charge in [-0.25, -0.2) is 0 Å². The van der Waals surface area contributed by atoms with Gasteiger partial charge in [-0.3, -0.25) is 0 Å². The third-order valence-corrected chi connectivity index (χ3v) is 7.24. The first kappa shape index (κ1) is 29.0. The number of terminal acetylenes is 1. The molecule has 0 fully saturated rings. The van der Waals surface area contributed by atoms with E-state index >= 15 is 0 Å².